The summed E-state index contributed by atoms with van der Waals surface area (Å²) in [5, 5.41) is 3.62. The molecule has 150 valence electrons. The third kappa shape index (κ3) is 4.46. The number of fused-ring (bicyclic) bond motifs is 1. The lowest BCUT2D eigenvalue weighted by Crippen LogP contribution is -2.34. The number of aromatic nitrogens is 1. The Bertz CT molecular complexity index is 1150. The van der Waals surface area contributed by atoms with E-state index < -0.39 is 10.0 Å². The van der Waals surface area contributed by atoms with Gasteiger partial charge in [-0.05, 0) is 44.0 Å². The maximum atomic E-state index is 12.8. The smallest absolute Gasteiger partial charge is 0.252 e. The van der Waals surface area contributed by atoms with Crippen molar-refractivity contribution in [2.45, 2.75) is 30.6 Å². The van der Waals surface area contributed by atoms with Crippen molar-refractivity contribution in [3.63, 3.8) is 0 Å². The second kappa shape index (κ2) is 7.93. The van der Waals surface area contributed by atoms with Gasteiger partial charge in [0.05, 0.1) is 16.0 Å². The number of carbonyl (C=O) groups is 1. The number of pyridine rings is 1. The molecule has 0 aliphatic heterocycles. The van der Waals surface area contributed by atoms with E-state index in [0.717, 1.165) is 35.0 Å². The lowest BCUT2D eigenvalue weighted by molar-refractivity contribution is 0.0956. The van der Waals surface area contributed by atoms with E-state index in [1.54, 1.807) is 24.3 Å². The zero-order chi connectivity index (χ0) is 20.4. The van der Waals surface area contributed by atoms with Gasteiger partial charge in [0, 0.05) is 30.1 Å². The van der Waals surface area contributed by atoms with E-state index in [1.165, 1.54) is 0 Å². The fourth-order valence-electron chi connectivity index (χ4n) is 3.23. The summed E-state index contributed by atoms with van der Waals surface area (Å²) < 4.78 is 27.2. The first-order chi connectivity index (χ1) is 13.9. The van der Waals surface area contributed by atoms with Crippen LogP contribution in [0.4, 0.5) is 0 Å². The summed E-state index contributed by atoms with van der Waals surface area (Å²) in [5.74, 6) is 0.215. The highest BCUT2D eigenvalue weighted by atomic mass is 32.2. The van der Waals surface area contributed by atoms with Crippen molar-refractivity contribution >= 4 is 26.8 Å². The molecule has 7 heteroatoms. The molecule has 2 aromatic carbocycles. The summed E-state index contributed by atoms with van der Waals surface area (Å²) in [6, 6.07) is 16.1. The summed E-state index contributed by atoms with van der Waals surface area (Å²) in [4.78, 5) is 17.7. The Kier molecular flexibility index (Phi) is 5.34. The Morgan fingerprint density at radius 3 is 2.52 bits per heavy atom. The quantitative estimate of drug-likeness (QED) is 0.587. The summed E-state index contributed by atoms with van der Waals surface area (Å²) in [5.41, 5.74) is 3.33. The maximum absolute atomic E-state index is 12.8. The third-order valence-corrected chi connectivity index (χ3v) is 6.49. The van der Waals surface area contributed by atoms with Crippen LogP contribution in [0.3, 0.4) is 0 Å². The van der Waals surface area contributed by atoms with Crippen LogP contribution < -0.4 is 10.0 Å². The SMILES string of the molecule is Cc1ccc(S(=O)(=O)NCCNC(=O)c2cc(C3CC3)nc3ccccc23)cc1. The van der Waals surface area contributed by atoms with Gasteiger partial charge >= 0.3 is 0 Å². The number of nitrogens with zero attached hydrogens (tertiary/aromatic N) is 1. The average molecular weight is 410 g/mol. The first-order valence-corrected chi connectivity index (χ1v) is 11.2. The van der Waals surface area contributed by atoms with Crippen LogP contribution in [0, 0.1) is 6.92 Å². The molecule has 1 fully saturated rings. The Morgan fingerprint density at radius 2 is 1.79 bits per heavy atom. The van der Waals surface area contributed by atoms with Crippen LogP contribution in [0.15, 0.2) is 59.5 Å². The largest absolute Gasteiger partial charge is 0.351 e. The van der Waals surface area contributed by atoms with Crippen LogP contribution in [0.1, 0.15) is 40.4 Å². The number of carbonyl (C=O) groups excluding carboxylic acids is 1. The van der Waals surface area contributed by atoms with Crippen LogP contribution in [0.2, 0.25) is 0 Å². The van der Waals surface area contributed by atoms with Crippen molar-refractivity contribution in [2.75, 3.05) is 13.1 Å². The van der Waals surface area contributed by atoms with E-state index in [0.29, 0.717) is 11.5 Å². The number of sulfonamides is 1. The summed E-state index contributed by atoms with van der Waals surface area (Å²) in [6.07, 6.45) is 2.21. The van der Waals surface area contributed by atoms with E-state index in [4.69, 9.17) is 0 Å². The Balaban J connectivity index is 1.42. The van der Waals surface area contributed by atoms with E-state index in [9.17, 15) is 13.2 Å². The fourth-order valence-corrected chi connectivity index (χ4v) is 4.26. The lowest BCUT2D eigenvalue weighted by Gasteiger charge is -2.11. The first kappa shape index (κ1) is 19.5. The number of aryl methyl sites for hydroxylation is 1. The molecule has 0 spiro atoms. The second-order valence-corrected chi connectivity index (χ2v) is 9.12. The number of nitrogens with one attached hydrogen (secondary N) is 2. The topological polar surface area (TPSA) is 88.2 Å². The van der Waals surface area contributed by atoms with Gasteiger partial charge in [0.25, 0.3) is 5.91 Å². The van der Waals surface area contributed by atoms with Crippen LogP contribution >= 0.6 is 0 Å². The van der Waals surface area contributed by atoms with E-state index in [1.807, 2.05) is 37.3 Å². The number of benzene rings is 2. The highest BCUT2D eigenvalue weighted by Gasteiger charge is 2.26. The molecule has 0 radical (unpaired) electrons. The first-order valence-electron chi connectivity index (χ1n) is 9.68. The number of hydrogen-bond donors (Lipinski definition) is 2. The minimum Gasteiger partial charge on any atom is -0.351 e. The van der Waals surface area contributed by atoms with Gasteiger partial charge in [-0.15, -0.1) is 0 Å². The monoisotopic (exact) mass is 409 g/mol. The normalized spacial score (nSPS) is 14.1. The van der Waals surface area contributed by atoms with Gasteiger partial charge in [0.15, 0.2) is 0 Å². The average Bonchev–Trinajstić information content (AvgIpc) is 3.56. The van der Waals surface area contributed by atoms with Crippen molar-refractivity contribution in [1.29, 1.82) is 0 Å². The Morgan fingerprint density at radius 1 is 1.07 bits per heavy atom. The Labute approximate surface area is 170 Å². The molecular weight excluding hydrogens is 386 g/mol. The molecule has 6 nitrogen and oxygen atoms in total. The third-order valence-electron chi connectivity index (χ3n) is 5.01. The lowest BCUT2D eigenvalue weighted by atomic mass is 10.1. The molecule has 0 atom stereocenters. The van der Waals surface area contributed by atoms with E-state index in [-0.39, 0.29) is 23.9 Å². The van der Waals surface area contributed by atoms with Gasteiger partial charge in [-0.2, -0.15) is 0 Å². The van der Waals surface area contributed by atoms with Crippen molar-refractivity contribution in [3.8, 4) is 0 Å². The molecule has 1 aromatic heterocycles. The molecule has 0 unspecified atom stereocenters. The van der Waals surface area contributed by atoms with Crippen LogP contribution in [0.5, 0.6) is 0 Å². The number of amides is 1. The molecule has 3 aromatic rings. The molecule has 1 aliphatic rings. The molecule has 1 heterocycles. The van der Waals surface area contributed by atoms with Crippen LogP contribution in [0.25, 0.3) is 10.9 Å². The number of para-hydroxylation sites is 1. The van der Waals surface area contributed by atoms with Gasteiger partial charge < -0.3 is 5.32 Å². The Hall–Kier alpha value is -2.77. The van der Waals surface area contributed by atoms with Crippen LogP contribution in [-0.4, -0.2) is 32.4 Å². The van der Waals surface area contributed by atoms with Gasteiger partial charge in [0.2, 0.25) is 10.0 Å². The van der Waals surface area contributed by atoms with E-state index in [2.05, 4.69) is 15.0 Å². The molecule has 4 rings (SSSR count). The minimum atomic E-state index is -3.60. The molecular formula is C22H23N3O3S. The molecule has 29 heavy (non-hydrogen) atoms. The molecule has 1 amide bonds. The van der Waals surface area contributed by atoms with Crippen molar-refractivity contribution in [1.82, 2.24) is 15.0 Å². The fraction of sp³-hybridized carbons (Fsp3) is 0.273. The van der Waals surface area contributed by atoms with Crippen molar-refractivity contribution < 1.29 is 13.2 Å². The van der Waals surface area contributed by atoms with Gasteiger partial charge in [-0.1, -0.05) is 35.9 Å². The maximum Gasteiger partial charge on any atom is 0.252 e. The van der Waals surface area contributed by atoms with Gasteiger partial charge in [-0.25, -0.2) is 13.1 Å². The zero-order valence-corrected chi connectivity index (χ0v) is 17.0. The predicted molar refractivity (Wildman–Crippen MR) is 112 cm³/mol. The van der Waals surface area contributed by atoms with Crippen LogP contribution in [-0.2, 0) is 10.0 Å². The highest BCUT2D eigenvalue weighted by molar-refractivity contribution is 7.89. The number of rotatable bonds is 7. The minimum absolute atomic E-state index is 0.112. The summed E-state index contributed by atoms with van der Waals surface area (Å²) in [6.45, 7) is 2.20. The standard InChI is InChI=1S/C22H23N3O3S/c1-15-6-10-17(11-7-15)29(27,28)24-13-12-23-22(26)19-14-21(16-8-9-16)25-20-5-3-2-4-18(19)20/h2-7,10-11,14,16,24H,8-9,12-13H2,1H3,(H,23,26). The molecule has 1 aliphatic carbocycles. The number of hydrogen-bond acceptors (Lipinski definition) is 4. The molecule has 2 N–H and O–H groups in total. The summed E-state index contributed by atoms with van der Waals surface area (Å²) >= 11 is 0. The van der Waals surface area contributed by atoms with Gasteiger partial charge in [-0.3, -0.25) is 9.78 Å². The second-order valence-electron chi connectivity index (χ2n) is 7.35. The van der Waals surface area contributed by atoms with Crippen molar-refractivity contribution in [2.24, 2.45) is 0 Å². The summed E-state index contributed by atoms with van der Waals surface area (Å²) in [7, 11) is -3.60. The van der Waals surface area contributed by atoms with Crippen molar-refractivity contribution in [3.05, 3.63) is 71.4 Å². The van der Waals surface area contributed by atoms with Gasteiger partial charge in [0.1, 0.15) is 0 Å². The zero-order valence-electron chi connectivity index (χ0n) is 16.2. The van der Waals surface area contributed by atoms with E-state index >= 15 is 0 Å². The highest BCUT2D eigenvalue weighted by Crippen LogP contribution is 2.40. The predicted octanol–water partition coefficient (Wildman–Crippen LogP) is 3.13. The molecule has 1 saturated carbocycles. The molecule has 0 bridgehead atoms. The molecule has 0 saturated heterocycles.